The summed E-state index contributed by atoms with van der Waals surface area (Å²) in [5, 5.41) is 13.4. The van der Waals surface area contributed by atoms with Gasteiger partial charge in [0.1, 0.15) is 17.6 Å². The third-order valence-electron chi connectivity index (χ3n) is 11.4. The number of anilines is 1. The molecular weight excluding hydrogens is 641 g/mol. The molecule has 3 aliphatic rings. The summed E-state index contributed by atoms with van der Waals surface area (Å²) in [5.41, 5.74) is 0.848. The summed E-state index contributed by atoms with van der Waals surface area (Å²) in [4.78, 5) is 60.1. The summed E-state index contributed by atoms with van der Waals surface area (Å²) in [6, 6.07) is 3.40. The van der Waals surface area contributed by atoms with Crippen LogP contribution >= 0.6 is 0 Å². The molecule has 3 fully saturated rings. The lowest BCUT2D eigenvalue weighted by molar-refractivity contribution is -0.138. The van der Waals surface area contributed by atoms with Crippen LogP contribution in [-0.2, 0) is 16.0 Å². The largest absolute Gasteiger partial charge is 0.338 e. The molecule has 2 N–H and O–H groups in total. The van der Waals surface area contributed by atoms with Gasteiger partial charge in [0.05, 0.1) is 5.69 Å². The predicted molar refractivity (Wildman–Crippen MR) is 187 cm³/mol. The summed E-state index contributed by atoms with van der Waals surface area (Å²) in [7, 11) is 3.76. The molecule has 2 heterocycles. The zero-order valence-corrected chi connectivity index (χ0v) is 30.6. The van der Waals surface area contributed by atoms with Crippen molar-refractivity contribution in [2.75, 3.05) is 39.0 Å². The minimum atomic E-state index is -0.925. The van der Waals surface area contributed by atoms with E-state index in [4.69, 9.17) is 4.63 Å². The second kappa shape index (κ2) is 15.6. The van der Waals surface area contributed by atoms with Crippen molar-refractivity contribution in [1.29, 1.82) is 0 Å². The fraction of sp³-hybridized carbons (Fsp3) is 0.676. The van der Waals surface area contributed by atoms with Crippen LogP contribution in [0.4, 0.5) is 14.9 Å². The lowest BCUT2D eigenvalue weighted by Crippen LogP contribution is -2.62. The van der Waals surface area contributed by atoms with E-state index in [0.717, 1.165) is 38.5 Å². The van der Waals surface area contributed by atoms with Crippen LogP contribution in [0.5, 0.6) is 0 Å². The Hall–Kier alpha value is -3.87. The minimum absolute atomic E-state index is 0.00822. The quantitative estimate of drug-likeness (QED) is 0.287. The molecule has 13 heteroatoms. The van der Waals surface area contributed by atoms with Crippen molar-refractivity contribution >= 4 is 29.3 Å². The van der Waals surface area contributed by atoms with Gasteiger partial charge in [-0.1, -0.05) is 44.8 Å². The summed E-state index contributed by atoms with van der Waals surface area (Å²) in [6.45, 7) is 11.7. The molecule has 274 valence electrons. The number of Topliss-reactive ketones (excluding diaryl/α,β-unsaturated/α-hetero) is 1. The summed E-state index contributed by atoms with van der Waals surface area (Å²) in [6.07, 6.45) is 5.74. The number of aryl methyl sites for hydroxylation is 1. The number of nitrogens with one attached hydrogen (secondary N) is 2. The number of piperazine rings is 1. The summed E-state index contributed by atoms with van der Waals surface area (Å²) < 4.78 is 20.7. The van der Waals surface area contributed by atoms with E-state index in [1.165, 1.54) is 12.1 Å². The van der Waals surface area contributed by atoms with Gasteiger partial charge in [-0.2, -0.15) is 0 Å². The standard InChI is InChI=1S/C37H54FN7O5/c1-8-29-33(42-50-41-29)31(46)20-27(24-11-9-22(2)10-12-24)34(47)39-30-16-13-25(19-28(30)38)23(3)32(40-36(49)44(7)26-14-15-26)35(48)45-18-17-43(6)37(4,5)21-45/h13,16,19,22-24,26-27,32H,8-12,14-15,17-18,20-21H2,1-7H3,(H,39,47)(H,40,49)/t22?,23-,24?,27-,32+/m0/s1. The van der Waals surface area contributed by atoms with Crippen molar-refractivity contribution in [3.05, 3.63) is 41.0 Å². The molecule has 3 atom stereocenters. The van der Waals surface area contributed by atoms with Crippen molar-refractivity contribution in [2.45, 2.75) is 110 Å². The van der Waals surface area contributed by atoms with E-state index in [1.807, 2.05) is 20.9 Å². The monoisotopic (exact) mass is 695 g/mol. The van der Waals surface area contributed by atoms with Gasteiger partial charge >= 0.3 is 6.03 Å². The SMILES string of the molecule is CCc1nonc1C(=O)C[C@H](C(=O)Nc1ccc([C@H](C)[C@@H](NC(=O)N(C)C2CC2)C(=O)N2CCN(C)C(C)(C)C2)cc1F)C1CCC(C)CC1. The Morgan fingerprint density at radius 2 is 1.78 bits per heavy atom. The summed E-state index contributed by atoms with van der Waals surface area (Å²) >= 11 is 0. The molecule has 2 aliphatic carbocycles. The highest BCUT2D eigenvalue weighted by Gasteiger charge is 2.40. The maximum Gasteiger partial charge on any atom is 0.318 e. The predicted octanol–water partition coefficient (Wildman–Crippen LogP) is 5.25. The fourth-order valence-corrected chi connectivity index (χ4v) is 7.33. The molecule has 1 aromatic carbocycles. The second-order valence-electron chi connectivity index (χ2n) is 15.4. The number of carbonyl (C=O) groups excluding carboxylic acids is 4. The molecule has 1 aromatic heterocycles. The molecule has 0 radical (unpaired) electrons. The van der Waals surface area contributed by atoms with Crippen molar-refractivity contribution in [3.8, 4) is 0 Å². The van der Waals surface area contributed by atoms with Gasteiger partial charge in [-0.3, -0.25) is 19.3 Å². The van der Waals surface area contributed by atoms with E-state index in [9.17, 15) is 19.2 Å². The molecule has 2 aromatic rings. The van der Waals surface area contributed by atoms with Gasteiger partial charge in [0.15, 0.2) is 11.5 Å². The van der Waals surface area contributed by atoms with Gasteiger partial charge in [-0.25, -0.2) is 13.8 Å². The smallest absolute Gasteiger partial charge is 0.318 e. The third kappa shape index (κ3) is 8.52. The number of hydrogen-bond donors (Lipinski definition) is 2. The second-order valence-corrected chi connectivity index (χ2v) is 15.4. The van der Waals surface area contributed by atoms with Crippen LogP contribution in [0, 0.1) is 23.6 Å². The average Bonchev–Trinajstić information content (AvgIpc) is 3.83. The van der Waals surface area contributed by atoms with Gasteiger partial charge in [0.25, 0.3) is 0 Å². The normalized spacial score (nSPS) is 22.7. The number of urea groups is 1. The molecular formula is C37H54FN7O5. The molecule has 1 aliphatic heterocycles. The van der Waals surface area contributed by atoms with Crippen LogP contribution in [0.2, 0.25) is 0 Å². The molecule has 4 amide bonds. The molecule has 0 spiro atoms. The number of halogens is 1. The third-order valence-corrected chi connectivity index (χ3v) is 11.4. The average molecular weight is 696 g/mol. The van der Waals surface area contributed by atoms with Gasteiger partial charge in [-0.05, 0) is 87.7 Å². The van der Waals surface area contributed by atoms with E-state index in [2.05, 4.69) is 46.6 Å². The number of amides is 4. The Bertz CT molecular complexity index is 1550. The van der Waals surface area contributed by atoms with Gasteiger partial charge in [-0.15, -0.1) is 0 Å². The van der Waals surface area contributed by atoms with E-state index in [0.29, 0.717) is 43.2 Å². The van der Waals surface area contributed by atoms with Gasteiger partial charge in [0.2, 0.25) is 11.8 Å². The molecule has 12 nitrogen and oxygen atoms in total. The number of hydrogen-bond acceptors (Lipinski definition) is 8. The molecule has 5 rings (SSSR count). The van der Waals surface area contributed by atoms with Gasteiger partial charge < -0.3 is 20.4 Å². The molecule has 0 bridgehead atoms. The Labute approximate surface area is 294 Å². The van der Waals surface area contributed by atoms with Crippen LogP contribution in [0.15, 0.2) is 22.8 Å². The Balaban J connectivity index is 1.34. The fourth-order valence-electron chi connectivity index (χ4n) is 7.33. The number of nitrogens with zero attached hydrogens (tertiary/aromatic N) is 5. The molecule has 2 saturated carbocycles. The highest BCUT2D eigenvalue weighted by Crippen LogP contribution is 2.36. The van der Waals surface area contributed by atoms with Crippen LogP contribution in [0.3, 0.4) is 0 Å². The maximum absolute atomic E-state index is 15.9. The van der Waals surface area contributed by atoms with E-state index < -0.39 is 29.6 Å². The number of benzene rings is 1. The number of ketones is 1. The van der Waals surface area contributed by atoms with Crippen LogP contribution in [0.25, 0.3) is 0 Å². The molecule has 0 unspecified atom stereocenters. The number of rotatable bonds is 12. The number of likely N-dealkylation sites (N-methyl/N-ethyl adjacent to an activating group) is 1. The first-order chi connectivity index (χ1) is 23.7. The molecule has 50 heavy (non-hydrogen) atoms. The zero-order valence-electron chi connectivity index (χ0n) is 30.6. The first kappa shape index (κ1) is 37.4. The maximum atomic E-state index is 15.9. The lowest BCUT2D eigenvalue weighted by atomic mass is 9.74. The van der Waals surface area contributed by atoms with Crippen molar-refractivity contribution in [1.82, 2.24) is 30.3 Å². The van der Waals surface area contributed by atoms with Crippen molar-refractivity contribution < 1.29 is 28.2 Å². The Kier molecular flexibility index (Phi) is 11.6. The Morgan fingerprint density at radius 1 is 1.08 bits per heavy atom. The van der Waals surface area contributed by atoms with Crippen molar-refractivity contribution in [3.63, 3.8) is 0 Å². The van der Waals surface area contributed by atoms with Crippen LogP contribution in [-0.4, -0.2) is 100.0 Å². The lowest BCUT2D eigenvalue weighted by Gasteiger charge is -2.46. The highest BCUT2D eigenvalue weighted by molar-refractivity contribution is 6.00. The zero-order chi connectivity index (χ0) is 36.3. The number of carbonyl (C=O) groups is 4. The van der Waals surface area contributed by atoms with E-state index in [1.54, 1.807) is 22.9 Å². The van der Waals surface area contributed by atoms with E-state index in [-0.39, 0.29) is 53.0 Å². The Morgan fingerprint density at radius 3 is 2.40 bits per heavy atom. The van der Waals surface area contributed by atoms with Crippen LogP contribution in [0.1, 0.15) is 107 Å². The first-order valence-electron chi connectivity index (χ1n) is 18.2. The highest BCUT2D eigenvalue weighted by atomic mass is 19.1. The first-order valence-corrected chi connectivity index (χ1v) is 18.2. The van der Waals surface area contributed by atoms with Gasteiger partial charge in [0, 0.05) is 56.5 Å². The topological polar surface area (TPSA) is 141 Å². The van der Waals surface area contributed by atoms with Crippen LogP contribution < -0.4 is 10.6 Å². The van der Waals surface area contributed by atoms with Crippen molar-refractivity contribution in [2.24, 2.45) is 17.8 Å². The van der Waals surface area contributed by atoms with E-state index >= 15 is 4.39 Å². The minimum Gasteiger partial charge on any atom is -0.338 e. The summed E-state index contributed by atoms with van der Waals surface area (Å²) in [5.74, 6) is -2.35. The molecule has 1 saturated heterocycles. The number of aromatic nitrogens is 2.